The van der Waals surface area contributed by atoms with E-state index in [0.717, 1.165) is 0 Å². The van der Waals surface area contributed by atoms with E-state index in [1.165, 1.54) is 0 Å². The molecule has 0 aromatic carbocycles. The third-order valence-corrected chi connectivity index (χ3v) is 3.54. The molecule has 1 unspecified atom stereocenters. The van der Waals surface area contributed by atoms with Gasteiger partial charge in [-0.15, -0.1) is 0 Å². The van der Waals surface area contributed by atoms with Crippen molar-refractivity contribution < 1.29 is 33.9 Å². The van der Waals surface area contributed by atoms with Crippen molar-refractivity contribution in [3.8, 4) is 0 Å². The van der Waals surface area contributed by atoms with Crippen molar-refractivity contribution in [1.82, 2.24) is 0 Å². The highest BCUT2D eigenvalue weighted by atomic mass is 16.9. The van der Waals surface area contributed by atoms with Crippen LogP contribution in [0.25, 0.3) is 0 Å². The fourth-order valence-electron chi connectivity index (χ4n) is 2.75. The molecule has 3 saturated heterocycles. The van der Waals surface area contributed by atoms with E-state index >= 15 is 0 Å². The number of rotatable bonds is 1. The molecule has 7 nitrogen and oxygen atoms in total. The summed E-state index contributed by atoms with van der Waals surface area (Å²) in [5, 5.41) is 20.6. The number of hydrogen-bond donors (Lipinski definition) is 2. The summed E-state index contributed by atoms with van der Waals surface area (Å²) in [4.78, 5) is 0. The van der Waals surface area contributed by atoms with E-state index in [0.29, 0.717) is 0 Å². The Morgan fingerprint density at radius 2 is 1.58 bits per heavy atom. The van der Waals surface area contributed by atoms with E-state index in [-0.39, 0.29) is 6.61 Å². The summed E-state index contributed by atoms with van der Waals surface area (Å²) in [5.41, 5.74) is 0. The molecule has 19 heavy (non-hydrogen) atoms. The van der Waals surface area contributed by atoms with Crippen molar-refractivity contribution in [2.45, 2.75) is 69.7 Å². The second kappa shape index (κ2) is 3.88. The zero-order chi connectivity index (χ0) is 14.1. The van der Waals surface area contributed by atoms with E-state index in [1.54, 1.807) is 27.7 Å². The summed E-state index contributed by atoms with van der Waals surface area (Å²) in [6.45, 7) is 7.13. The Labute approximate surface area is 111 Å². The lowest BCUT2D eigenvalue weighted by Gasteiger charge is -2.31. The molecule has 0 spiro atoms. The molecule has 3 aliphatic heterocycles. The zero-order valence-electron chi connectivity index (χ0n) is 11.5. The molecule has 0 aliphatic carbocycles. The second-order valence-corrected chi connectivity index (χ2v) is 6.13. The van der Waals surface area contributed by atoms with Gasteiger partial charge in [0, 0.05) is 0 Å². The summed E-state index contributed by atoms with van der Waals surface area (Å²) in [5.74, 6) is -3.83. The molecule has 3 aliphatic rings. The molecule has 2 N–H and O–H groups in total. The lowest BCUT2D eigenvalue weighted by molar-refractivity contribution is -0.297. The Hall–Kier alpha value is -0.280. The van der Waals surface area contributed by atoms with Gasteiger partial charge in [-0.3, -0.25) is 0 Å². The number of aliphatic hydroxyl groups is 2. The van der Waals surface area contributed by atoms with Gasteiger partial charge in [-0.25, -0.2) is 0 Å². The SMILES string of the molecule is CC1(C)OCC([C@H]2O[C@@H]3OC(C)(C)O[C@@H]3C2(O)O)O1. The van der Waals surface area contributed by atoms with Crippen molar-refractivity contribution in [3.63, 3.8) is 0 Å². The van der Waals surface area contributed by atoms with Crippen LogP contribution in [0.4, 0.5) is 0 Å². The highest BCUT2D eigenvalue weighted by Gasteiger charge is 2.65. The molecule has 4 atom stereocenters. The van der Waals surface area contributed by atoms with E-state index in [2.05, 4.69) is 0 Å². The fourth-order valence-corrected chi connectivity index (χ4v) is 2.75. The van der Waals surface area contributed by atoms with E-state index in [9.17, 15) is 10.2 Å². The maximum absolute atomic E-state index is 10.3. The van der Waals surface area contributed by atoms with Gasteiger partial charge in [-0.05, 0) is 27.7 Å². The Kier molecular flexibility index (Phi) is 2.80. The maximum atomic E-state index is 10.3. The van der Waals surface area contributed by atoms with Gasteiger partial charge < -0.3 is 33.9 Å². The molecule has 3 heterocycles. The molecule has 0 radical (unpaired) electrons. The van der Waals surface area contributed by atoms with Crippen molar-refractivity contribution in [3.05, 3.63) is 0 Å². The number of fused-ring (bicyclic) bond motifs is 1. The van der Waals surface area contributed by atoms with Crippen LogP contribution in [-0.4, -0.2) is 58.8 Å². The third kappa shape index (κ3) is 2.19. The van der Waals surface area contributed by atoms with Crippen LogP contribution >= 0.6 is 0 Å². The van der Waals surface area contributed by atoms with Crippen LogP contribution in [0.2, 0.25) is 0 Å². The van der Waals surface area contributed by atoms with E-state index in [1.807, 2.05) is 0 Å². The first-order valence-corrected chi connectivity index (χ1v) is 6.38. The highest BCUT2D eigenvalue weighted by molar-refractivity contribution is 5.02. The third-order valence-electron chi connectivity index (χ3n) is 3.54. The quantitative estimate of drug-likeness (QED) is 0.635. The predicted octanol–water partition coefficient (Wildman–Crippen LogP) is -0.305. The molecule has 3 rings (SSSR count). The lowest BCUT2D eigenvalue weighted by atomic mass is 10.0. The zero-order valence-corrected chi connectivity index (χ0v) is 11.5. The average molecular weight is 276 g/mol. The molecule has 7 heteroatoms. The molecular weight excluding hydrogens is 256 g/mol. The Bertz CT molecular complexity index is 378. The van der Waals surface area contributed by atoms with Crippen LogP contribution in [0, 0.1) is 0 Å². The van der Waals surface area contributed by atoms with Gasteiger partial charge in [0.05, 0.1) is 6.61 Å². The molecule has 0 amide bonds. The second-order valence-electron chi connectivity index (χ2n) is 6.13. The van der Waals surface area contributed by atoms with Gasteiger partial charge in [-0.2, -0.15) is 0 Å². The van der Waals surface area contributed by atoms with Crippen LogP contribution < -0.4 is 0 Å². The van der Waals surface area contributed by atoms with Gasteiger partial charge in [0.15, 0.2) is 24.0 Å². The maximum Gasteiger partial charge on any atom is 0.225 e. The van der Waals surface area contributed by atoms with E-state index < -0.39 is 42.0 Å². The molecule has 0 aromatic heterocycles. The first-order valence-electron chi connectivity index (χ1n) is 6.38. The minimum Gasteiger partial charge on any atom is -0.361 e. The minimum atomic E-state index is -2.17. The summed E-state index contributed by atoms with van der Waals surface area (Å²) < 4.78 is 27.6. The summed E-state index contributed by atoms with van der Waals surface area (Å²) >= 11 is 0. The first-order chi connectivity index (χ1) is 8.61. The summed E-state index contributed by atoms with van der Waals surface area (Å²) in [6.07, 6.45) is -3.33. The average Bonchev–Trinajstić information content (AvgIpc) is 2.80. The largest absolute Gasteiger partial charge is 0.361 e. The highest BCUT2D eigenvalue weighted by Crippen LogP contribution is 2.44. The van der Waals surface area contributed by atoms with Crippen molar-refractivity contribution in [2.75, 3.05) is 6.61 Å². The van der Waals surface area contributed by atoms with Crippen LogP contribution in [0.1, 0.15) is 27.7 Å². The van der Waals surface area contributed by atoms with Crippen LogP contribution in [0.3, 0.4) is 0 Å². The fraction of sp³-hybridized carbons (Fsp3) is 1.00. The van der Waals surface area contributed by atoms with Crippen LogP contribution in [0.5, 0.6) is 0 Å². The summed E-state index contributed by atoms with van der Waals surface area (Å²) in [6, 6.07) is 0. The van der Waals surface area contributed by atoms with Crippen LogP contribution in [-0.2, 0) is 23.7 Å². The van der Waals surface area contributed by atoms with Gasteiger partial charge in [-0.1, -0.05) is 0 Å². The van der Waals surface area contributed by atoms with Gasteiger partial charge in [0.1, 0.15) is 12.2 Å². The standard InChI is InChI=1S/C12H20O7/c1-10(2)15-5-6(17-10)7-12(13,14)8-9(16-7)19-11(3,4)18-8/h6-9,13-14H,5H2,1-4H3/t6?,7-,8+,9-/m1/s1. The normalized spacial score (nSPS) is 46.4. The van der Waals surface area contributed by atoms with Crippen LogP contribution in [0.15, 0.2) is 0 Å². The number of ether oxygens (including phenoxy) is 5. The lowest BCUT2D eigenvalue weighted by Crippen LogP contribution is -2.54. The van der Waals surface area contributed by atoms with Gasteiger partial charge in [0.2, 0.25) is 5.79 Å². The minimum absolute atomic E-state index is 0.226. The van der Waals surface area contributed by atoms with Crippen molar-refractivity contribution in [2.24, 2.45) is 0 Å². The topological polar surface area (TPSA) is 86.6 Å². The monoisotopic (exact) mass is 276 g/mol. The molecule has 3 fully saturated rings. The van der Waals surface area contributed by atoms with Gasteiger partial charge in [0.25, 0.3) is 0 Å². The van der Waals surface area contributed by atoms with E-state index in [4.69, 9.17) is 23.7 Å². The molecule has 110 valence electrons. The molecule has 0 saturated carbocycles. The van der Waals surface area contributed by atoms with Crippen molar-refractivity contribution in [1.29, 1.82) is 0 Å². The first kappa shape index (κ1) is 13.7. The molecular formula is C12H20O7. The summed E-state index contributed by atoms with van der Waals surface area (Å²) in [7, 11) is 0. The molecule has 0 aromatic rings. The van der Waals surface area contributed by atoms with Crippen molar-refractivity contribution >= 4 is 0 Å². The predicted molar refractivity (Wildman–Crippen MR) is 60.8 cm³/mol. The smallest absolute Gasteiger partial charge is 0.225 e. The Morgan fingerprint density at radius 3 is 2.11 bits per heavy atom. The van der Waals surface area contributed by atoms with Gasteiger partial charge >= 0.3 is 0 Å². The Morgan fingerprint density at radius 1 is 0.895 bits per heavy atom. The number of hydrogen-bond acceptors (Lipinski definition) is 7. The Balaban J connectivity index is 1.77. The molecule has 0 bridgehead atoms.